The maximum absolute atomic E-state index is 14.2. The Morgan fingerprint density at radius 2 is 1.48 bits per heavy atom. The zero-order valence-corrected chi connectivity index (χ0v) is 14.1. The summed E-state index contributed by atoms with van der Waals surface area (Å²) in [4.78, 5) is 5.96. The molecule has 3 aromatic carbocycles. The van der Waals surface area contributed by atoms with Gasteiger partial charge in [-0.05, 0) is 36.4 Å². The van der Waals surface area contributed by atoms with E-state index in [1.807, 2.05) is 18.2 Å². The number of rotatable bonds is 2. The van der Waals surface area contributed by atoms with Crippen LogP contribution in [0, 0.1) is 5.82 Å². The molecule has 4 heteroatoms. The van der Waals surface area contributed by atoms with Crippen molar-refractivity contribution in [3.05, 3.63) is 72.5 Å². The van der Waals surface area contributed by atoms with Gasteiger partial charge in [-0.3, -0.25) is 0 Å². The summed E-state index contributed by atoms with van der Waals surface area (Å²) in [5, 5.41) is 0. The van der Waals surface area contributed by atoms with E-state index in [0.29, 0.717) is 0 Å². The highest BCUT2D eigenvalue weighted by atomic mass is 32.2. The van der Waals surface area contributed by atoms with Gasteiger partial charge in [0.25, 0.3) is 0 Å². The van der Waals surface area contributed by atoms with Crippen molar-refractivity contribution < 1.29 is 9.13 Å². The van der Waals surface area contributed by atoms with Gasteiger partial charge in [-0.15, -0.1) is 0 Å². The van der Waals surface area contributed by atoms with Gasteiger partial charge in [-0.25, -0.2) is 4.39 Å². The van der Waals surface area contributed by atoms with Crippen LogP contribution in [0.15, 0.2) is 91.2 Å². The lowest BCUT2D eigenvalue weighted by Gasteiger charge is -2.18. The SMILES string of the molecule is COc1ccc([S+]2c3ccccc3Sc3ccccc32)cc1F. The number of halogens is 1. The first-order valence-electron chi connectivity index (χ1n) is 7.21. The summed E-state index contributed by atoms with van der Waals surface area (Å²) in [6.45, 7) is 0. The number of fused-ring (bicyclic) bond motifs is 2. The van der Waals surface area contributed by atoms with E-state index in [-0.39, 0.29) is 22.5 Å². The molecular weight excluding hydrogens is 327 g/mol. The Labute approximate surface area is 141 Å². The molecule has 0 atom stereocenters. The van der Waals surface area contributed by atoms with Gasteiger partial charge in [-0.2, -0.15) is 0 Å². The summed E-state index contributed by atoms with van der Waals surface area (Å²) < 4.78 is 19.3. The molecule has 0 radical (unpaired) electrons. The molecule has 4 rings (SSSR count). The van der Waals surface area contributed by atoms with Crippen LogP contribution in [0.25, 0.3) is 0 Å². The third-order valence-electron chi connectivity index (χ3n) is 3.72. The first-order chi connectivity index (χ1) is 11.3. The molecule has 1 nitrogen and oxygen atoms in total. The summed E-state index contributed by atoms with van der Waals surface area (Å²) in [7, 11) is 1.19. The smallest absolute Gasteiger partial charge is 0.180 e. The largest absolute Gasteiger partial charge is 0.494 e. The Bertz CT molecular complexity index is 833. The molecule has 23 heavy (non-hydrogen) atoms. The molecule has 114 valence electrons. The second kappa shape index (κ2) is 5.95. The Hall–Kier alpha value is -1.91. The lowest BCUT2D eigenvalue weighted by atomic mass is 10.3. The van der Waals surface area contributed by atoms with Gasteiger partial charge in [0.05, 0.1) is 16.9 Å². The van der Waals surface area contributed by atoms with Crippen LogP contribution in [0.4, 0.5) is 4.39 Å². The fourth-order valence-electron chi connectivity index (χ4n) is 2.67. The van der Waals surface area contributed by atoms with Crippen molar-refractivity contribution in [1.29, 1.82) is 0 Å². The van der Waals surface area contributed by atoms with Crippen molar-refractivity contribution in [1.82, 2.24) is 0 Å². The van der Waals surface area contributed by atoms with Gasteiger partial charge in [0.2, 0.25) is 0 Å². The summed E-state index contributed by atoms with van der Waals surface area (Å²) in [5.74, 6) is -0.0315. The summed E-state index contributed by atoms with van der Waals surface area (Å²) in [6, 6.07) is 22.0. The van der Waals surface area contributed by atoms with E-state index in [4.69, 9.17) is 4.74 Å². The van der Waals surface area contributed by atoms with E-state index in [0.717, 1.165) is 4.90 Å². The molecule has 1 aliphatic heterocycles. The Kier molecular flexibility index (Phi) is 3.79. The van der Waals surface area contributed by atoms with Gasteiger partial charge < -0.3 is 4.74 Å². The first-order valence-corrected chi connectivity index (χ1v) is 9.26. The Balaban J connectivity index is 1.92. The fourth-order valence-corrected chi connectivity index (χ4v) is 6.43. The van der Waals surface area contributed by atoms with Crippen LogP contribution in [0.1, 0.15) is 0 Å². The van der Waals surface area contributed by atoms with Crippen LogP contribution in [0.2, 0.25) is 0 Å². The molecule has 1 heterocycles. The normalized spacial score (nSPS) is 13.3. The topological polar surface area (TPSA) is 9.23 Å². The van der Waals surface area contributed by atoms with Crippen molar-refractivity contribution in [3.63, 3.8) is 0 Å². The van der Waals surface area contributed by atoms with Crippen LogP contribution < -0.4 is 4.74 Å². The molecule has 0 saturated carbocycles. The van der Waals surface area contributed by atoms with Gasteiger partial charge in [-0.1, -0.05) is 36.0 Å². The standard InChI is InChI=1S/C19H14FOS2/c1-21-15-11-10-13(12-14(15)20)23-18-8-4-2-6-16(18)22-17-7-3-5-9-19(17)23/h2-12H,1H3/q+1. The Morgan fingerprint density at radius 3 is 2.04 bits per heavy atom. The quantitative estimate of drug-likeness (QED) is 0.452. The zero-order valence-electron chi connectivity index (χ0n) is 12.5. The minimum atomic E-state index is -0.314. The number of methoxy groups -OCH3 is 1. The third kappa shape index (κ3) is 2.52. The highest BCUT2D eigenvalue weighted by Gasteiger charge is 2.38. The second-order valence-corrected chi connectivity index (χ2v) is 8.15. The van der Waals surface area contributed by atoms with Crippen molar-refractivity contribution in [3.8, 4) is 5.75 Å². The van der Waals surface area contributed by atoms with E-state index in [9.17, 15) is 4.39 Å². The highest BCUT2D eigenvalue weighted by molar-refractivity contribution is 8.04. The minimum absolute atomic E-state index is 0.283. The zero-order chi connectivity index (χ0) is 15.8. The average molecular weight is 341 g/mol. The first kappa shape index (κ1) is 14.7. The average Bonchev–Trinajstić information content (AvgIpc) is 2.59. The minimum Gasteiger partial charge on any atom is -0.494 e. The van der Waals surface area contributed by atoms with Crippen LogP contribution in [-0.2, 0) is 10.9 Å². The molecule has 0 unspecified atom stereocenters. The summed E-state index contributed by atoms with van der Waals surface area (Å²) in [6.07, 6.45) is 0. The lowest BCUT2D eigenvalue weighted by Crippen LogP contribution is -2.11. The maximum Gasteiger partial charge on any atom is 0.180 e. The van der Waals surface area contributed by atoms with Gasteiger partial charge in [0, 0.05) is 6.07 Å². The lowest BCUT2D eigenvalue weighted by molar-refractivity contribution is 0.385. The third-order valence-corrected chi connectivity index (χ3v) is 7.44. The molecule has 3 aromatic rings. The van der Waals surface area contributed by atoms with Gasteiger partial charge in [0.15, 0.2) is 26.3 Å². The molecule has 0 aliphatic carbocycles. The van der Waals surface area contributed by atoms with E-state index in [1.54, 1.807) is 23.9 Å². The van der Waals surface area contributed by atoms with Gasteiger partial charge >= 0.3 is 0 Å². The van der Waals surface area contributed by atoms with Crippen molar-refractivity contribution in [2.75, 3.05) is 7.11 Å². The maximum atomic E-state index is 14.2. The predicted molar refractivity (Wildman–Crippen MR) is 92.1 cm³/mol. The molecule has 0 spiro atoms. The van der Waals surface area contributed by atoms with E-state index < -0.39 is 0 Å². The molecule has 0 saturated heterocycles. The van der Waals surface area contributed by atoms with Crippen LogP contribution >= 0.6 is 11.8 Å². The van der Waals surface area contributed by atoms with Crippen molar-refractivity contribution in [2.45, 2.75) is 24.5 Å². The van der Waals surface area contributed by atoms with E-state index >= 15 is 0 Å². The van der Waals surface area contributed by atoms with Crippen LogP contribution in [-0.4, -0.2) is 7.11 Å². The molecule has 0 bridgehead atoms. The second-order valence-electron chi connectivity index (χ2n) is 5.10. The van der Waals surface area contributed by atoms with Crippen LogP contribution in [0.3, 0.4) is 0 Å². The van der Waals surface area contributed by atoms with Crippen molar-refractivity contribution in [2.24, 2.45) is 0 Å². The molecule has 0 fully saturated rings. The summed E-state index contributed by atoms with van der Waals surface area (Å²) >= 11 is 1.78. The fraction of sp³-hybridized carbons (Fsp3) is 0.0526. The number of benzene rings is 3. The van der Waals surface area contributed by atoms with Crippen LogP contribution in [0.5, 0.6) is 5.75 Å². The number of hydrogen-bond acceptors (Lipinski definition) is 2. The number of ether oxygens (including phenoxy) is 1. The predicted octanol–water partition coefficient (Wildman–Crippen LogP) is 5.39. The van der Waals surface area contributed by atoms with E-state index in [2.05, 4.69) is 36.4 Å². The molecular formula is C19H14FOS2+. The van der Waals surface area contributed by atoms with Gasteiger partial charge in [0.1, 0.15) is 10.9 Å². The van der Waals surface area contributed by atoms with Crippen molar-refractivity contribution >= 4 is 22.7 Å². The Morgan fingerprint density at radius 1 is 0.870 bits per heavy atom. The molecule has 0 amide bonds. The number of hydrogen-bond donors (Lipinski definition) is 0. The summed E-state index contributed by atoms with van der Waals surface area (Å²) in [5.41, 5.74) is 0. The molecule has 1 aliphatic rings. The highest BCUT2D eigenvalue weighted by Crippen LogP contribution is 2.48. The molecule has 0 N–H and O–H groups in total. The monoisotopic (exact) mass is 341 g/mol. The van der Waals surface area contributed by atoms with E-state index in [1.165, 1.54) is 26.7 Å². The molecule has 0 aromatic heterocycles.